The minimum atomic E-state index is -0.207. The Morgan fingerprint density at radius 1 is 1.22 bits per heavy atom. The number of aryl methyl sites for hydroxylation is 2. The molecule has 1 aromatic carbocycles. The number of nitrogens with zero attached hydrogens (tertiary/aromatic N) is 3. The molecule has 0 unspecified atom stereocenters. The monoisotopic (exact) mass is 396 g/mol. The van der Waals surface area contributed by atoms with Gasteiger partial charge < -0.3 is 5.32 Å². The van der Waals surface area contributed by atoms with E-state index in [4.69, 9.17) is 16.6 Å². The van der Waals surface area contributed by atoms with Crippen LogP contribution in [0.3, 0.4) is 0 Å². The summed E-state index contributed by atoms with van der Waals surface area (Å²) >= 11 is 7.77. The van der Waals surface area contributed by atoms with Gasteiger partial charge in [0.15, 0.2) is 5.65 Å². The summed E-state index contributed by atoms with van der Waals surface area (Å²) in [6, 6.07) is 11.3. The van der Waals surface area contributed by atoms with Crippen LogP contribution in [-0.4, -0.2) is 20.7 Å². The number of anilines is 1. The predicted octanol–water partition coefficient (Wildman–Crippen LogP) is 5.22. The summed E-state index contributed by atoms with van der Waals surface area (Å²) in [6.45, 7) is 3.77. The molecule has 5 nitrogen and oxygen atoms in total. The maximum absolute atomic E-state index is 13.2. The van der Waals surface area contributed by atoms with Gasteiger partial charge in [0.05, 0.1) is 27.2 Å². The highest BCUT2D eigenvalue weighted by Gasteiger charge is 2.20. The minimum Gasteiger partial charge on any atom is -0.322 e. The Morgan fingerprint density at radius 2 is 2.04 bits per heavy atom. The van der Waals surface area contributed by atoms with Crippen LogP contribution >= 0.6 is 22.9 Å². The normalized spacial score (nSPS) is 11.1. The van der Waals surface area contributed by atoms with Crippen molar-refractivity contribution in [3.63, 3.8) is 0 Å². The molecule has 1 amide bonds. The molecule has 3 aromatic heterocycles. The van der Waals surface area contributed by atoms with Gasteiger partial charge in [0, 0.05) is 17.8 Å². The van der Waals surface area contributed by atoms with Crippen LogP contribution in [0.1, 0.15) is 21.6 Å². The summed E-state index contributed by atoms with van der Waals surface area (Å²) in [7, 11) is 1.84. The zero-order valence-corrected chi connectivity index (χ0v) is 16.6. The molecule has 0 spiro atoms. The van der Waals surface area contributed by atoms with Crippen LogP contribution in [0.4, 0.5) is 5.69 Å². The number of rotatable bonds is 3. The Balaban J connectivity index is 1.86. The van der Waals surface area contributed by atoms with Gasteiger partial charge in [-0.3, -0.25) is 9.48 Å². The third kappa shape index (κ3) is 3.11. The number of nitrogens with one attached hydrogen (secondary N) is 1. The summed E-state index contributed by atoms with van der Waals surface area (Å²) in [5.74, 6) is -0.207. The molecule has 7 heteroatoms. The van der Waals surface area contributed by atoms with E-state index in [0.29, 0.717) is 21.9 Å². The van der Waals surface area contributed by atoms with Gasteiger partial charge >= 0.3 is 0 Å². The van der Waals surface area contributed by atoms with E-state index >= 15 is 0 Å². The van der Waals surface area contributed by atoms with E-state index in [1.807, 2.05) is 56.6 Å². The quantitative estimate of drug-likeness (QED) is 0.516. The maximum atomic E-state index is 13.2. The lowest BCUT2D eigenvalue weighted by Crippen LogP contribution is -2.14. The van der Waals surface area contributed by atoms with Gasteiger partial charge in [0.2, 0.25) is 0 Å². The van der Waals surface area contributed by atoms with Crippen molar-refractivity contribution in [3.05, 3.63) is 63.6 Å². The SMILES string of the molecule is Cc1c(Cl)cccc1NC(=O)c1cc(-c2cccs2)nc2c1c(C)nn2C. The maximum Gasteiger partial charge on any atom is 0.256 e. The summed E-state index contributed by atoms with van der Waals surface area (Å²) in [4.78, 5) is 18.9. The number of halogens is 1. The van der Waals surface area contributed by atoms with Crippen LogP contribution in [0.25, 0.3) is 21.6 Å². The fourth-order valence-corrected chi connectivity index (χ4v) is 3.97. The van der Waals surface area contributed by atoms with Crippen LogP contribution in [-0.2, 0) is 7.05 Å². The fourth-order valence-electron chi connectivity index (χ4n) is 3.11. The van der Waals surface area contributed by atoms with Crippen molar-refractivity contribution < 1.29 is 4.79 Å². The molecular weight excluding hydrogens is 380 g/mol. The summed E-state index contributed by atoms with van der Waals surface area (Å²) < 4.78 is 1.71. The van der Waals surface area contributed by atoms with Gasteiger partial charge in [0.25, 0.3) is 5.91 Å². The molecule has 0 aliphatic carbocycles. The van der Waals surface area contributed by atoms with Crippen molar-refractivity contribution in [3.8, 4) is 10.6 Å². The molecule has 0 saturated heterocycles. The van der Waals surface area contributed by atoms with Gasteiger partial charge in [-0.1, -0.05) is 23.7 Å². The number of amides is 1. The number of hydrogen-bond acceptors (Lipinski definition) is 4. The van der Waals surface area contributed by atoms with Gasteiger partial charge in [-0.15, -0.1) is 11.3 Å². The van der Waals surface area contributed by atoms with Crippen LogP contribution in [0.15, 0.2) is 41.8 Å². The van der Waals surface area contributed by atoms with Crippen molar-refractivity contribution >= 4 is 45.6 Å². The number of thiophene rings is 1. The Bertz CT molecular complexity index is 1160. The number of fused-ring (bicyclic) bond motifs is 1. The number of carbonyl (C=O) groups excluding carboxylic acids is 1. The van der Waals surface area contributed by atoms with Crippen LogP contribution < -0.4 is 5.32 Å². The van der Waals surface area contributed by atoms with Crippen molar-refractivity contribution in [2.24, 2.45) is 7.05 Å². The molecule has 0 aliphatic rings. The predicted molar refractivity (Wildman–Crippen MR) is 111 cm³/mol. The largest absolute Gasteiger partial charge is 0.322 e. The fraction of sp³-hybridized carbons (Fsp3) is 0.150. The molecule has 1 N–H and O–H groups in total. The highest BCUT2D eigenvalue weighted by atomic mass is 35.5. The van der Waals surface area contributed by atoms with Crippen LogP contribution in [0, 0.1) is 13.8 Å². The van der Waals surface area contributed by atoms with Gasteiger partial charge in [0.1, 0.15) is 0 Å². The van der Waals surface area contributed by atoms with Crippen molar-refractivity contribution in [2.75, 3.05) is 5.32 Å². The second kappa shape index (κ2) is 6.79. The molecule has 27 heavy (non-hydrogen) atoms. The summed E-state index contributed by atoms with van der Waals surface area (Å²) in [5, 5.41) is 10.8. The number of hydrogen-bond donors (Lipinski definition) is 1. The van der Waals surface area contributed by atoms with E-state index in [9.17, 15) is 4.79 Å². The molecule has 0 saturated carbocycles. The second-order valence-electron chi connectivity index (χ2n) is 6.31. The molecular formula is C20H17ClN4OS. The van der Waals surface area contributed by atoms with E-state index in [-0.39, 0.29) is 5.91 Å². The third-order valence-electron chi connectivity index (χ3n) is 4.50. The van der Waals surface area contributed by atoms with E-state index in [2.05, 4.69) is 10.4 Å². The Morgan fingerprint density at radius 3 is 2.78 bits per heavy atom. The molecule has 0 radical (unpaired) electrons. The molecule has 0 fully saturated rings. The molecule has 0 atom stereocenters. The van der Waals surface area contributed by atoms with E-state index in [0.717, 1.165) is 27.2 Å². The average Bonchev–Trinajstić information content (AvgIpc) is 3.27. The van der Waals surface area contributed by atoms with Crippen LogP contribution in [0.5, 0.6) is 0 Å². The summed E-state index contributed by atoms with van der Waals surface area (Å²) in [6.07, 6.45) is 0. The van der Waals surface area contributed by atoms with Gasteiger partial charge in [-0.05, 0) is 49.1 Å². The topological polar surface area (TPSA) is 59.8 Å². The van der Waals surface area contributed by atoms with E-state index < -0.39 is 0 Å². The van der Waals surface area contributed by atoms with E-state index in [1.165, 1.54) is 0 Å². The lowest BCUT2D eigenvalue weighted by Gasteiger charge is -2.11. The second-order valence-corrected chi connectivity index (χ2v) is 7.66. The van der Waals surface area contributed by atoms with Gasteiger partial charge in [-0.25, -0.2) is 4.98 Å². The van der Waals surface area contributed by atoms with Gasteiger partial charge in [-0.2, -0.15) is 5.10 Å². The third-order valence-corrected chi connectivity index (χ3v) is 5.80. The van der Waals surface area contributed by atoms with Crippen molar-refractivity contribution in [1.29, 1.82) is 0 Å². The van der Waals surface area contributed by atoms with E-state index in [1.54, 1.807) is 22.1 Å². The zero-order valence-electron chi connectivity index (χ0n) is 15.1. The number of pyridine rings is 1. The first-order valence-corrected chi connectivity index (χ1v) is 9.66. The molecule has 0 aliphatic heterocycles. The standard InChI is InChI=1S/C20H17ClN4OS/c1-11-14(21)6-4-7-15(11)23-20(26)13-10-16(17-8-5-9-27-17)22-19-18(13)12(2)24-25(19)3/h4-10H,1-3H3,(H,23,26). The zero-order chi connectivity index (χ0) is 19.1. The van der Waals surface area contributed by atoms with Crippen LogP contribution in [0.2, 0.25) is 5.02 Å². The molecule has 0 bridgehead atoms. The lowest BCUT2D eigenvalue weighted by molar-refractivity contribution is 0.102. The Hall–Kier alpha value is -2.70. The highest BCUT2D eigenvalue weighted by molar-refractivity contribution is 7.13. The lowest BCUT2D eigenvalue weighted by atomic mass is 10.1. The summed E-state index contributed by atoms with van der Waals surface area (Å²) in [5.41, 5.74) is 4.29. The molecule has 136 valence electrons. The first-order chi connectivity index (χ1) is 13.0. The van der Waals surface area contributed by atoms with Crippen molar-refractivity contribution in [2.45, 2.75) is 13.8 Å². The number of benzene rings is 1. The Kier molecular flexibility index (Phi) is 4.45. The molecule has 4 rings (SSSR count). The average molecular weight is 397 g/mol. The Labute approximate surface area is 165 Å². The molecule has 3 heterocycles. The minimum absolute atomic E-state index is 0.207. The first kappa shape index (κ1) is 17.7. The first-order valence-electron chi connectivity index (χ1n) is 8.40. The highest BCUT2D eigenvalue weighted by Crippen LogP contribution is 2.30. The smallest absolute Gasteiger partial charge is 0.256 e. The van der Waals surface area contributed by atoms with Crippen molar-refractivity contribution in [1.82, 2.24) is 14.8 Å². The number of carbonyl (C=O) groups is 1. The molecule has 4 aromatic rings. The number of aromatic nitrogens is 3.